The molecule has 0 aliphatic heterocycles. The molecule has 0 bridgehead atoms. The number of nitrogens with one attached hydrogen (secondary N) is 1. The van der Waals surface area contributed by atoms with E-state index in [2.05, 4.69) is 26.2 Å². The van der Waals surface area contributed by atoms with Crippen LogP contribution in [0.25, 0.3) is 0 Å². The SMILES string of the molecule is NC(=O)COc1ccccc1C(=O)Nc1ccc(Oc2cccc(Br)c2)nc1. The topological polar surface area (TPSA) is 104 Å². The summed E-state index contributed by atoms with van der Waals surface area (Å²) in [5, 5.41) is 2.73. The summed E-state index contributed by atoms with van der Waals surface area (Å²) in [7, 11) is 0. The van der Waals surface area contributed by atoms with E-state index in [1.54, 1.807) is 36.4 Å². The van der Waals surface area contributed by atoms with Crippen molar-refractivity contribution in [2.24, 2.45) is 5.73 Å². The number of nitrogens with zero attached hydrogens (tertiary/aromatic N) is 1. The number of anilines is 1. The number of primary amides is 1. The molecule has 2 aromatic carbocycles. The fourth-order valence-corrected chi connectivity index (χ4v) is 2.67. The number of benzene rings is 2. The molecule has 0 radical (unpaired) electrons. The largest absolute Gasteiger partial charge is 0.483 e. The van der Waals surface area contributed by atoms with Gasteiger partial charge in [-0.1, -0.05) is 34.1 Å². The van der Waals surface area contributed by atoms with E-state index in [1.807, 2.05) is 24.3 Å². The van der Waals surface area contributed by atoms with Gasteiger partial charge in [0.25, 0.3) is 11.8 Å². The summed E-state index contributed by atoms with van der Waals surface area (Å²) in [5.41, 5.74) is 5.84. The Morgan fingerprint density at radius 2 is 1.89 bits per heavy atom. The normalized spacial score (nSPS) is 10.2. The van der Waals surface area contributed by atoms with E-state index >= 15 is 0 Å². The van der Waals surface area contributed by atoms with Gasteiger partial charge in [0.05, 0.1) is 17.4 Å². The summed E-state index contributed by atoms with van der Waals surface area (Å²) in [4.78, 5) is 27.6. The summed E-state index contributed by atoms with van der Waals surface area (Å²) < 4.78 is 11.8. The zero-order valence-corrected chi connectivity index (χ0v) is 16.2. The second-order valence-corrected chi connectivity index (χ2v) is 6.57. The molecule has 3 N–H and O–H groups in total. The number of hydrogen-bond donors (Lipinski definition) is 2. The summed E-state index contributed by atoms with van der Waals surface area (Å²) >= 11 is 3.38. The Bertz CT molecular complexity index is 993. The van der Waals surface area contributed by atoms with Gasteiger partial charge in [0.2, 0.25) is 5.88 Å². The summed E-state index contributed by atoms with van der Waals surface area (Å²) in [6.07, 6.45) is 1.48. The first-order valence-electron chi connectivity index (χ1n) is 8.22. The molecule has 0 aliphatic carbocycles. The van der Waals surface area contributed by atoms with E-state index < -0.39 is 11.8 Å². The molecule has 0 saturated heterocycles. The van der Waals surface area contributed by atoms with Crippen molar-refractivity contribution in [3.05, 3.63) is 76.9 Å². The maximum absolute atomic E-state index is 12.5. The van der Waals surface area contributed by atoms with Crippen molar-refractivity contribution < 1.29 is 19.1 Å². The molecule has 0 fully saturated rings. The smallest absolute Gasteiger partial charge is 0.259 e. The third kappa shape index (κ3) is 5.31. The number of carbonyl (C=O) groups excluding carboxylic acids is 2. The minimum absolute atomic E-state index is 0.265. The highest BCUT2D eigenvalue weighted by atomic mass is 79.9. The number of aromatic nitrogens is 1. The van der Waals surface area contributed by atoms with Crippen LogP contribution in [0.3, 0.4) is 0 Å². The lowest BCUT2D eigenvalue weighted by Crippen LogP contribution is -2.21. The van der Waals surface area contributed by atoms with E-state index in [9.17, 15) is 9.59 Å². The van der Waals surface area contributed by atoms with Gasteiger partial charge in [-0.2, -0.15) is 0 Å². The lowest BCUT2D eigenvalue weighted by molar-refractivity contribution is -0.119. The Kier molecular flexibility index (Phi) is 6.23. The molecule has 8 heteroatoms. The Morgan fingerprint density at radius 1 is 1.07 bits per heavy atom. The molecule has 142 valence electrons. The van der Waals surface area contributed by atoms with Crippen molar-refractivity contribution in [1.82, 2.24) is 4.98 Å². The van der Waals surface area contributed by atoms with E-state index in [0.717, 1.165) is 4.47 Å². The average molecular weight is 442 g/mol. The molecular formula is C20H16BrN3O4. The van der Waals surface area contributed by atoms with Crippen LogP contribution in [0.4, 0.5) is 5.69 Å². The molecule has 1 aromatic heterocycles. The average Bonchev–Trinajstić information content (AvgIpc) is 2.68. The molecule has 0 unspecified atom stereocenters. The van der Waals surface area contributed by atoms with Gasteiger partial charge in [-0.15, -0.1) is 0 Å². The monoisotopic (exact) mass is 441 g/mol. The lowest BCUT2D eigenvalue weighted by Gasteiger charge is -2.11. The molecule has 0 spiro atoms. The number of para-hydroxylation sites is 1. The summed E-state index contributed by atoms with van der Waals surface area (Å²) in [6.45, 7) is -0.312. The van der Waals surface area contributed by atoms with E-state index in [0.29, 0.717) is 17.3 Å². The highest BCUT2D eigenvalue weighted by Gasteiger charge is 2.13. The van der Waals surface area contributed by atoms with Crippen LogP contribution in [0.5, 0.6) is 17.4 Å². The minimum atomic E-state index is -0.625. The quantitative estimate of drug-likeness (QED) is 0.580. The third-order valence-corrected chi connectivity index (χ3v) is 4.01. The number of rotatable bonds is 7. The second kappa shape index (κ2) is 9.01. The Balaban J connectivity index is 1.67. The number of pyridine rings is 1. The standard InChI is InChI=1S/C20H16BrN3O4/c21-13-4-3-5-15(10-13)28-19-9-8-14(11-23-19)24-20(26)16-6-1-2-7-17(16)27-12-18(22)25/h1-11H,12H2,(H2,22,25)(H,24,26). The summed E-state index contributed by atoms with van der Waals surface area (Å²) in [6, 6.07) is 17.3. The first-order valence-corrected chi connectivity index (χ1v) is 9.01. The van der Waals surface area contributed by atoms with Crippen LogP contribution < -0.4 is 20.5 Å². The molecule has 0 aliphatic rings. The molecule has 0 atom stereocenters. The van der Waals surface area contributed by atoms with Gasteiger partial charge in [-0.05, 0) is 36.4 Å². The van der Waals surface area contributed by atoms with Crippen LogP contribution in [0, 0.1) is 0 Å². The van der Waals surface area contributed by atoms with Crippen molar-refractivity contribution in [1.29, 1.82) is 0 Å². The Labute approximate surface area is 169 Å². The highest BCUT2D eigenvalue weighted by molar-refractivity contribution is 9.10. The molecule has 2 amide bonds. The van der Waals surface area contributed by atoms with Crippen molar-refractivity contribution in [2.75, 3.05) is 11.9 Å². The van der Waals surface area contributed by atoms with Crippen LogP contribution in [-0.4, -0.2) is 23.4 Å². The third-order valence-electron chi connectivity index (χ3n) is 3.51. The van der Waals surface area contributed by atoms with Gasteiger partial charge in [0.15, 0.2) is 6.61 Å². The highest BCUT2D eigenvalue weighted by Crippen LogP contribution is 2.24. The molecule has 3 rings (SSSR count). The van der Waals surface area contributed by atoms with E-state index in [4.69, 9.17) is 15.2 Å². The zero-order chi connectivity index (χ0) is 19.9. The van der Waals surface area contributed by atoms with Crippen molar-refractivity contribution in [3.63, 3.8) is 0 Å². The second-order valence-electron chi connectivity index (χ2n) is 5.65. The molecule has 28 heavy (non-hydrogen) atoms. The van der Waals surface area contributed by atoms with Gasteiger partial charge in [0, 0.05) is 10.5 Å². The fourth-order valence-electron chi connectivity index (χ4n) is 2.29. The van der Waals surface area contributed by atoms with Gasteiger partial charge in [-0.3, -0.25) is 9.59 Å². The number of amides is 2. The lowest BCUT2D eigenvalue weighted by atomic mass is 10.2. The van der Waals surface area contributed by atoms with Crippen molar-refractivity contribution in [2.45, 2.75) is 0 Å². The zero-order valence-electron chi connectivity index (χ0n) is 14.6. The molecule has 7 nitrogen and oxygen atoms in total. The van der Waals surface area contributed by atoms with Crippen LogP contribution in [-0.2, 0) is 4.79 Å². The molecule has 3 aromatic rings. The molecular weight excluding hydrogens is 426 g/mol. The van der Waals surface area contributed by atoms with Crippen LogP contribution >= 0.6 is 15.9 Å². The number of nitrogens with two attached hydrogens (primary N) is 1. The van der Waals surface area contributed by atoms with Crippen LogP contribution in [0.1, 0.15) is 10.4 Å². The fraction of sp³-hybridized carbons (Fsp3) is 0.0500. The van der Waals surface area contributed by atoms with Gasteiger partial charge in [0.1, 0.15) is 11.5 Å². The molecule has 0 saturated carbocycles. The minimum Gasteiger partial charge on any atom is -0.483 e. The number of ether oxygens (including phenoxy) is 2. The van der Waals surface area contributed by atoms with Crippen LogP contribution in [0.2, 0.25) is 0 Å². The van der Waals surface area contributed by atoms with Crippen LogP contribution in [0.15, 0.2) is 71.3 Å². The first-order chi connectivity index (χ1) is 13.5. The Hall–Kier alpha value is -3.39. The Morgan fingerprint density at radius 3 is 2.61 bits per heavy atom. The number of carbonyl (C=O) groups is 2. The van der Waals surface area contributed by atoms with Gasteiger partial charge >= 0.3 is 0 Å². The van der Waals surface area contributed by atoms with E-state index in [-0.39, 0.29) is 17.9 Å². The van der Waals surface area contributed by atoms with Gasteiger partial charge in [-0.25, -0.2) is 4.98 Å². The predicted molar refractivity (Wildman–Crippen MR) is 108 cm³/mol. The number of hydrogen-bond acceptors (Lipinski definition) is 5. The van der Waals surface area contributed by atoms with Gasteiger partial charge < -0.3 is 20.5 Å². The maximum Gasteiger partial charge on any atom is 0.259 e. The first kappa shape index (κ1) is 19.4. The van der Waals surface area contributed by atoms with Crippen molar-refractivity contribution >= 4 is 33.4 Å². The predicted octanol–water partition coefficient (Wildman–Crippen LogP) is 3.75. The maximum atomic E-state index is 12.5. The van der Waals surface area contributed by atoms with Crippen molar-refractivity contribution in [3.8, 4) is 17.4 Å². The summed E-state index contributed by atoms with van der Waals surface area (Å²) in [5.74, 6) is 0.268. The molecule has 1 heterocycles. The number of halogens is 1. The van der Waals surface area contributed by atoms with E-state index in [1.165, 1.54) is 6.20 Å².